The third kappa shape index (κ3) is 2.41. The number of rotatable bonds is 2. The first kappa shape index (κ1) is 12.0. The van der Waals surface area contributed by atoms with Crippen molar-refractivity contribution in [2.75, 3.05) is 19.8 Å². The molecule has 1 aromatic heterocycles. The first-order valence-corrected chi connectivity index (χ1v) is 6.52. The highest BCUT2D eigenvalue weighted by molar-refractivity contribution is 5.91. The van der Waals surface area contributed by atoms with E-state index < -0.39 is 0 Å². The van der Waals surface area contributed by atoms with Crippen molar-refractivity contribution in [2.45, 2.75) is 18.9 Å². The SMILES string of the molecule is O=C(C1=COCCO1)N1CCC[C@@H]1c1ccncc1. The summed E-state index contributed by atoms with van der Waals surface area (Å²) in [6.07, 6.45) is 6.93. The molecule has 1 fully saturated rings. The molecule has 0 unspecified atom stereocenters. The van der Waals surface area contributed by atoms with Gasteiger partial charge in [0.25, 0.3) is 5.91 Å². The highest BCUT2D eigenvalue weighted by Gasteiger charge is 2.33. The first-order valence-electron chi connectivity index (χ1n) is 6.52. The summed E-state index contributed by atoms with van der Waals surface area (Å²) in [6.45, 7) is 1.70. The van der Waals surface area contributed by atoms with Crippen LogP contribution in [0.1, 0.15) is 24.4 Å². The van der Waals surface area contributed by atoms with Gasteiger partial charge in [0.05, 0.1) is 6.04 Å². The lowest BCUT2D eigenvalue weighted by atomic mass is 10.1. The van der Waals surface area contributed by atoms with Crippen molar-refractivity contribution in [3.63, 3.8) is 0 Å². The predicted octanol–water partition coefficient (Wildman–Crippen LogP) is 1.63. The standard InChI is InChI=1S/C14H16N2O3/c17-14(13-10-18-8-9-19-13)16-7-1-2-12(16)11-3-5-15-6-4-11/h3-6,10,12H,1-2,7-9H2/t12-/m1/s1. The van der Waals surface area contributed by atoms with Gasteiger partial charge in [-0.25, -0.2) is 0 Å². The second kappa shape index (κ2) is 5.30. The molecule has 0 aromatic carbocycles. The molecule has 1 amide bonds. The summed E-state index contributed by atoms with van der Waals surface area (Å²) in [5.74, 6) is 0.228. The quantitative estimate of drug-likeness (QED) is 0.811. The van der Waals surface area contributed by atoms with E-state index in [4.69, 9.17) is 9.47 Å². The number of pyridine rings is 1. The van der Waals surface area contributed by atoms with Crippen molar-refractivity contribution in [1.82, 2.24) is 9.88 Å². The van der Waals surface area contributed by atoms with Crippen LogP contribution in [0.25, 0.3) is 0 Å². The number of carbonyl (C=O) groups excluding carboxylic acids is 1. The second-order valence-corrected chi connectivity index (χ2v) is 4.64. The normalized spacial score (nSPS) is 22.4. The number of ether oxygens (including phenoxy) is 2. The number of carbonyl (C=O) groups is 1. The van der Waals surface area contributed by atoms with E-state index in [0.29, 0.717) is 19.0 Å². The van der Waals surface area contributed by atoms with E-state index in [-0.39, 0.29) is 11.9 Å². The van der Waals surface area contributed by atoms with Crippen molar-refractivity contribution in [1.29, 1.82) is 0 Å². The summed E-state index contributed by atoms with van der Waals surface area (Å²) < 4.78 is 10.5. The number of aromatic nitrogens is 1. The summed E-state index contributed by atoms with van der Waals surface area (Å²) in [5.41, 5.74) is 1.12. The van der Waals surface area contributed by atoms with E-state index in [1.807, 2.05) is 17.0 Å². The van der Waals surface area contributed by atoms with Gasteiger partial charge in [0.2, 0.25) is 5.76 Å². The number of hydrogen-bond donors (Lipinski definition) is 0. The van der Waals surface area contributed by atoms with Gasteiger partial charge >= 0.3 is 0 Å². The summed E-state index contributed by atoms with van der Waals surface area (Å²) in [5, 5.41) is 0. The Morgan fingerprint density at radius 1 is 1.32 bits per heavy atom. The molecular formula is C14H16N2O3. The maximum absolute atomic E-state index is 12.4. The van der Waals surface area contributed by atoms with Crippen LogP contribution in [0.3, 0.4) is 0 Å². The molecule has 1 atom stereocenters. The molecule has 3 heterocycles. The molecule has 0 saturated carbocycles. The molecule has 3 rings (SSSR count). The van der Waals surface area contributed by atoms with Crippen LogP contribution in [0.15, 0.2) is 36.5 Å². The predicted molar refractivity (Wildman–Crippen MR) is 67.9 cm³/mol. The van der Waals surface area contributed by atoms with Gasteiger partial charge in [0.1, 0.15) is 19.5 Å². The van der Waals surface area contributed by atoms with Crippen LogP contribution in [-0.4, -0.2) is 35.5 Å². The van der Waals surface area contributed by atoms with Crippen molar-refractivity contribution in [3.8, 4) is 0 Å². The van der Waals surface area contributed by atoms with Gasteiger partial charge in [0, 0.05) is 18.9 Å². The van der Waals surface area contributed by atoms with Crippen LogP contribution in [0, 0.1) is 0 Å². The molecular weight excluding hydrogens is 244 g/mol. The van der Waals surface area contributed by atoms with E-state index in [1.165, 1.54) is 6.26 Å². The molecule has 0 radical (unpaired) electrons. The molecule has 100 valence electrons. The Balaban J connectivity index is 1.79. The van der Waals surface area contributed by atoms with Crippen LogP contribution in [0.2, 0.25) is 0 Å². The van der Waals surface area contributed by atoms with Crippen molar-refractivity contribution in [3.05, 3.63) is 42.1 Å². The van der Waals surface area contributed by atoms with E-state index in [9.17, 15) is 4.79 Å². The number of nitrogens with zero attached hydrogens (tertiary/aromatic N) is 2. The zero-order chi connectivity index (χ0) is 13.1. The topological polar surface area (TPSA) is 51.7 Å². The molecule has 1 aromatic rings. The smallest absolute Gasteiger partial charge is 0.292 e. The molecule has 0 aliphatic carbocycles. The van der Waals surface area contributed by atoms with Gasteiger partial charge in [-0.3, -0.25) is 9.78 Å². The third-order valence-electron chi connectivity index (χ3n) is 3.46. The van der Waals surface area contributed by atoms with E-state index in [1.54, 1.807) is 12.4 Å². The highest BCUT2D eigenvalue weighted by Crippen LogP contribution is 2.32. The average molecular weight is 260 g/mol. The summed E-state index contributed by atoms with van der Waals surface area (Å²) >= 11 is 0. The van der Waals surface area contributed by atoms with E-state index >= 15 is 0 Å². The summed E-state index contributed by atoms with van der Waals surface area (Å²) in [6, 6.07) is 4.04. The molecule has 0 bridgehead atoms. The Morgan fingerprint density at radius 3 is 2.89 bits per heavy atom. The van der Waals surface area contributed by atoms with Crippen molar-refractivity contribution in [2.24, 2.45) is 0 Å². The monoisotopic (exact) mass is 260 g/mol. The fraction of sp³-hybridized carbons (Fsp3) is 0.429. The maximum Gasteiger partial charge on any atom is 0.292 e. The summed E-state index contributed by atoms with van der Waals surface area (Å²) in [4.78, 5) is 18.3. The largest absolute Gasteiger partial charge is 0.494 e. The molecule has 1 saturated heterocycles. The average Bonchev–Trinajstić information content (AvgIpc) is 2.98. The molecule has 5 heteroatoms. The van der Waals surface area contributed by atoms with Crippen LogP contribution in [0.4, 0.5) is 0 Å². The van der Waals surface area contributed by atoms with Crippen LogP contribution in [0.5, 0.6) is 0 Å². The Morgan fingerprint density at radius 2 is 2.16 bits per heavy atom. The van der Waals surface area contributed by atoms with Gasteiger partial charge < -0.3 is 14.4 Å². The Kier molecular flexibility index (Phi) is 3.35. The molecule has 2 aliphatic rings. The summed E-state index contributed by atoms with van der Waals surface area (Å²) in [7, 11) is 0. The Bertz CT molecular complexity index is 487. The van der Waals surface area contributed by atoms with Crippen LogP contribution < -0.4 is 0 Å². The van der Waals surface area contributed by atoms with Gasteiger partial charge in [-0.05, 0) is 30.5 Å². The zero-order valence-electron chi connectivity index (χ0n) is 10.6. The van der Waals surface area contributed by atoms with Crippen molar-refractivity contribution < 1.29 is 14.3 Å². The van der Waals surface area contributed by atoms with Gasteiger partial charge in [-0.15, -0.1) is 0 Å². The minimum Gasteiger partial charge on any atom is -0.494 e. The third-order valence-corrected chi connectivity index (χ3v) is 3.46. The zero-order valence-corrected chi connectivity index (χ0v) is 10.6. The lowest BCUT2D eigenvalue weighted by Crippen LogP contribution is -2.33. The fourth-order valence-corrected chi connectivity index (χ4v) is 2.56. The highest BCUT2D eigenvalue weighted by atomic mass is 16.6. The Hall–Kier alpha value is -2.04. The first-order chi connectivity index (χ1) is 9.36. The maximum atomic E-state index is 12.4. The van der Waals surface area contributed by atoms with Gasteiger partial charge in [-0.1, -0.05) is 0 Å². The lowest BCUT2D eigenvalue weighted by Gasteiger charge is -2.26. The van der Waals surface area contributed by atoms with E-state index in [2.05, 4.69) is 4.98 Å². The minimum absolute atomic E-state index is 0.0842. The van der Waals surface area contributed by atoms with Gasteiger partial charge in [-0.2, -0.15) is 0 Å². The molecule has 2 aliphatic heterocycles. The van der Waals surface area contributed by atoms with Crippen LogP contribution in [-0.2, 0) is 14.3 Å². The number of amides is 1. The van der Waals surface area contributed by atoms with Crippen LogP contribution >= 0.6 is 0 Å². The molecule has 0 spiro atoms. The number of hydrogen-bond acceptors (Lipinski definition) is 4. The fourth-order valence-electron chi connectivity index (χ4n) is 2.56. The molecule has 0 N–H and O–H groups in total. The Labute approximate surface area is 111 Å². The number of likely N-dealkylation sites (tertiary alicyclic amines) is 1. The lowest BCUT2D eigenvalue weighted by molar-refractivity contribution is -0.133. The van der Waals surface area contributed by atoms with E-state index in [0.717, 1.165) is 24.9 Å². The minimum atomic E-state index is -0.0842. The van der Waals surface area contributed by atoms with Gasteiger partial charge in [0.15, 0.2) is 0 Å². The molecule has 5 nitrogen and oxygen atoms in total. The molecule has 19 heavy (non-hydrogen) atoms. The van der Waals surface area contributed by atoms with Crippen molar-refractivity contribution >= 4 is 5.91 Å². The second-order valence-electron chi connectivity index (χ2n) is 4.64.